The summed E-state index contributed by atoms with van der Waals surface area (Å²) < 4.78 is 52.6. The van der Waals surface area contributed by atoms with Crippen LogP contribution >= 0.6 is 23.2 Å². The molecule has 0 radical (unpaired) electrons. The van der Waals surface area contributed by atoms with Gasteiger partial charge in [0.2, 0.25) is 0 Å². The molecule has 0 saturated carbocycles. The first-order valence-corrected chi connectivity index (χ1v) is 10.3. The number of rotatable bonds is 5. The predicted octanol–water partition coefficient (Wildman–Crippen LogP) is 5.99. The first kappa shape index (κ1) is 23.7. The Morgan fingerprint density at radius 3 is 2.47 bits per heavy atom. The number of carbonyl (C=O) groups excluding carboxylic acids is 1. The van der Waals surface area contributed by atoms with Crippen molar-refractivity contribution in [1.29, 1.82) is 0 Å². The van der Waals surface area contributed by atoms with Crippen molar-refractivity contribution in [3.63, 3.8) is 0 Å². The molecule has 0 aliphatic carbocycles. The van der Waals surface area contributed by atoms with Crippen molar-refractivity contribution in [2.45, 2.75) is 6.18 Å². The summed E-state index contributed by atoms with van der Waals surface area (Å²) in [5.41, 5.74) is -1.14. The first-order chi connectivity index (χ1) is 16.1. The van der Waals surface area contributed by atoms with Crippen LogP contribution in [0.4, 0.5) is 18.9 Å². The SMILES string of the molecule is COc1ccc(-c2cc(C(F)(F)F)n3ncc(C(=O)Nc4cccc(Cl)c4Cl)c3n2)cc1OC. The van der Waals surface area contributed by atoms with Crippen LogP contribution in [0.15, 0.2) is 48.7 Å². The molecular weight excluding hydrogens is 496 g/mol. The fourth-order valence-electron chi connectivity index (χ4n) is 3.26. The Bertz CT molecular complexity index is 1410. The number of alkyl halides is 3. The van der Waals surface area contributed by atoms with E-state index in [4.69, 9.17) is 32.7 Å². The smallest absolute Gasteiger partial charge is 0.433 e. The molecule has 0 aliphatic heterocycles. The summed E-state index contributed by atoms with van der Waals surface area (Å²) in [6, 6.07) is 10.00. The Labute approximate surface area is 201 Å². The highest BCUT2D eigenvalue weighted by molar-refractivity contribution is 6.44. The summed E-state index contributed by atoms with van der Waals surface area (Å²) >= 11 is 12.1. The average molecular weight is 511 g/mol. The van der Waals surface area contributed by atoms with E-state index in [-0.39, 0.29) is 32.6 Å². The van der Waals surface area contributed by atoms with E-state index in [1.54, 1.807) is 12.1 Å². The normalized spacial score (nSPS) is 11.5. The van der Waals surface area contributed by atoms with E-state index in [2.05, 4.69) is 15.4 Å². The van der Waals surface area contributed by atoms with E-state index in [1.165, 1.54) is 38.5 Å². The van der Waals surface area contributed by atoms with Crippen LogP contribution in [-0.4, -0.2) is 34.7 Å². The van der Waals surface area contributed by atoms with Crippen LogP contribution in [0, 0.1) is 0 Å². The molecule has 34 heavy (non-hydrogen) atoms. The van der Waals surface area contributed by atoms with Crippen LogP contribution in [0.25, 0.3) is 16.9 Å². The number of fused-ring (bicyclic) bond motifs is 1. The number of aromatic nitrogens is 3. The molecule has 12 heteroatoms. The first-order valence-electron chi connectivity index (χ1n) is 9.57. The van der Waals surface area contributed by atoms with Crippen molar-refractivity contribution in [3.8, 4) is 22.8 Å². The monoisotopic (exact) mass is 510 g/mol. The zero-order valence-corrected chi connectivity index (χ0v) is 19.1. The Morgan fingerprint density at radius 1 is 1.06 bits per heavy atom. The Balaban J connectivity index is 1.86. The van der Waals surface area contributed by atoms with Gasteiger partial charge in [0.25, 0.3) is 5.91 Å². The second kappa shape index (κ2) is 9.03. The Hall–Kier alpha value is -3.50. The highest BCUT2D eigenvalue weighted by Gasteiger charge is 2.36. The van der Waals surface area contributed by atoms with Gasteiger partial charge in [0.15, 0.2) is 22.8 Å². The van der Waals surface area contributed by atoms with Crippen molar-refractivity contribution in [2.75, 3.05) is 19.5 Å². The maximum absolute atomic E-state index is 13.9. The van der Waals surface area contributed by atoms with Crippen molar-refractivity contribution < 1.29 is 27.4 Å². The van der Waals surface area contributed by atoms with Crippen LogP contribution in [0.1, 0.15) is 16.1 Å². The van der Waals surface area contributed by atoms with E-state index in [1.807, 2.05) is 0 Å². The number of anilines is 1. The molecule has 2 aromatic heterocycles. The van der Waals surface area contributed by atoms with E-state index < -0.39 is 17.8 Å². The number of benzene rings is 2. The van der Waals surface area contributed by atoms with Gasteiger partial charge in [-0.05, 0) is 36.4 Å². The number of halogens is 5. The Morgan fingerprint density at radius 2 is 1.79 bits per heavy atom. The van der Waals surface area contributed by atoms with Gasteiger partial charge in [-0.25, -0.2) is 9.50 Å². The lowest BCUT2D eigenvalue weighted by atomic mass is 10.1. The molecule has 7 nitrogen and oxygen atoms in total. The summed E-state index contributed by atoms with van der Waals surface area (Å²) in [5, 5.41) is 6.57. The van der Waals surface area contributed by atoms with E-state index >= 15 is 0 Å². The van der Waals surface area contributed by atoms with Crippen molar-refractivity contribution in [3.05, 3.63) is 70.0 Å². The fourth-order valence-corrected chi connectivity index (χ4v) is 3.61. The van der Waals surface area contributed by atoms with Crippen LogP contribution in [0.2, 0.25) is 10.0 Å². The summed E-state index contributed by atoms with van der Waals surface area (Å²) in [6.07, 6.45) is -3.77. The van der Waals surface area contributed by atoms with E-state index in [0.717, 1.165) is 12.3 Å². The van der Waals surface area contributed by atoms with Gasteiger partial charge in [0.05, 0.1) is 41.8 Å². The van der Waals surface area contributed by atoms with Crippen LogP contribution in [-0.2, 0) is 6.18 Å². The summed E-state index contributed by atoms with van der Waals surface area (Å²) in [7, 11) is 2.84. The van der Waals surface area contributed by atoms with Gasteiger partial charge in [-0.15, -0.1) is 0 Å². The van der Waals surface area contributed by atoms with Gasteiger partial charge >= 0.3 is 6.18 Å². The van der Waals surface area contributed by atoms with Gasteiger partial charge in [0.1, 0.15) is 5.56 Å². The third-order valence-corrected chi connectivity index (χ3v) is 5.70. The number of hydrogen-bond acceptors (Lipinski definition) is 5. The Kier molecular flexibility index (Phi) is 6.28. The molecule has 4 rings (SSSR count). The molecule has 2 aromatic carbocycles. The average Bonchev–Trinajstić information content (AvgIpc) is 3.24. The zero-order chi connectivity index (χ0) is 24.6. The molecule has 0 saturated heterocycles. The number of nitrogens with one attached hydrogen (secondary N) is 1. The number of nitrogens with zero attached hydrogens (tertiary/aromatic N) is 3. The standard InChI is InChI=1S/C22H15Cl2F3N4O3/c1-33-16-7-6-11(8-17(16)34-2)15-9-18(22(25,26)27)31-20(29-15)12(10-28-31)21(32)30-14-5-3-4-13(23)19(14)24/h3-10H,1-2H3,(H,30,32). The van der Waals surface area contributed by atoms with Gasteiger partial charge in [-0.3, -0.25) is 4.79 Å². The number of ether oxygens (including phenoxy) is 2. The molecule has 0 spiro atoms. The third-order valence-electron chi connectivity index (χ3n) is 4.89. The maximum Gasteiger partial charge on any atom is 0.433 e. The quantitative estimate of drug-likeness (QED) is 0.356. The fraction of sp³-hybridized carbons (Fsp3) is 0.136. The third kappa shape index (κ3) is 4.34. The van der Waals surface area contributed by atoms with Crippen LogP contribution in [0.5, 0.6) is 11.5 Å². The minimum absolute atomic E-state index is 0.0453. The molecule has 176 valence electrons. The molecule has 2 heterocycles. The van der Waals surface area contributed by atoms with Crippen molar-refractivity contribution in [2.24, 2.45) is 0 Å². The number of amides is 1. The molecule has 0 bridgehead atoms. The molecule has 1 N–H and O–H groups in total. The van der Waals surface area contributed by atoms with E-state index in [0.29, 0.717) is 21.6 Å². The lowest BCUT2D eigenvalue weighted by Gasteiger charge is -2.13. The van der Waals surface area contributed by atoms with Crippen LogP contribution in [0.3, 0.4) is 0 Å². The number of carbonyl (C=O) groups is 1. The minimum Gasteiger partial charge on any atom is -0.493 e. The topological polar surface area (TPSA) is 77.8 Å². The van der Waals surface area contributed by atoms with Gasteiger partial charge < -0.3 is 14.8 Å². The van der Waals surface area contributed by atoms with E-state index in [9.17, 15) is 18.0 Å². The van der Waals surface area contributed by atoms with Crippen molar-refractivity contribution in [1.82, 2.24) is 14.6 Å². The summed E-state index contributed by atoms with van der Waals surface area (Å²) in [5.74, 6) is -0.0623. The lowest BCUT2D eigenvalue weighted by Crippen LogP contribution is -2.16. The molecule has 1 amide bonds. The number of hydrogen-bond donors (Lipinski definition) is 1. The van der Waals surface area contributed by atoms with Gasteiger partial charge in [-0.2, -0.15) is 18.3 Å². The highest BCUT2D eigenvalue weighted by atomic mass is 35.5. The van der Waals surface area contributed by atoms with Gasteiger partial charge in [0, 0.05) is 5.56 Å². The summed E-state index contributed by atoms with van der Waals surface area (Å²) in [4.78, 5) is 17.2. The minimum atomic E-state index is -4.78. The second-order valence-electron chi connectivity index (χ2n) is 6.94. The molecule has 0 atom stereocenters. The highest BCUT2D eigenvalue weighted by Crippen LogP contribution is 2.36. The number of methoxy groups -OCH3 is 2. The second-order valence-corrected chi connectivity index (χ2v) is 7.73. The molecule has 4 aromatic rings. The van der Waals surface area contributed by atoms with Crippen molar-refractivity contribution >= 4 is 40.4 Å². The molecular formula is C22H15Cl2F3N4O3. The molecule has 0 fully saturated rings. The van der Waals surface area contributed by atoms with Gasteiger partial charge in [-0.1, -0.05) is 29.3 Å². The predicted molar refractivity (Wildman–Crippen MR) is 121 cm³/mol. The molecule has 0 unspecified atom stereocenters. The lowest BCUT2D eigenvalue weighted by molar-refractivity contribution is -0.142. The molecule has 0 aliphatic rings. The maximum atomic E-state index is 13.9. The zero-order valence-electron chi connectivity index (χ0n) is 17.6. The van der Waals surface area contributed by atoms with Crippen LogP contribution < -0.4 is 14.8 Å². The largest absolute Gasteiger partial charge is 0.493 e. The summed E-state index contributed by atoms with van der Waals surface area (Å²) in [6.45, 7) is 0.